The number of aryl methyl sites for hydroxylation is 2. The van der Waals surface area contributed by atoms with E-state index < -0.39 is 11.2 Å². The van der Waals surface area contributed by atoms with Crippen LogP contribution < -0.4 is 0 Å². The van der Waals surface area contributed by atoms with Crippen molar-refractivity contribution in [2.24, 2.45) is 7.05 Å². The summed E-state index contributed by atoms with van der Waals surface area (Å²) in [6.45, 7) is 3.93. The maximum absolute atomic E-state index is 12.1. The summed E-state index contributed by atoms with van der Waals surface area (Å²) in [5.41, 5.74) is 2.82. The van der Waals surface area contributed by atoms with Crippen LogP contribution >= 0.6 is 11.3 Å². The van der Waals surface area contributed by atoms with E-state index in [1.807, 2.05) is 49.2 Å². The standard InChI is InChI=1S/C14H15N3OS2/c1-4-20(18)11-5-6-19-12(11)14-16-10-7-9(2)8-15-13(10)17(14)3/h5-8H,4H2,1-3H3. The number of hydrogen-bond acceptors (Lipinski definition) is 4. The van der Waals surface area contributed by atoms with Crippen LogP contribution in [-0.4, -0.2) is 24.8 Å². The largest absolute Gasteiger partial charge is 0.611 e. The number of nitrogens with zero attached hydrogens (tertiary/aromatic N) is 3. The SMILES string of the molecule is CC[S+]([O-])c1ccsc1-c1nc2cc(C)cnc2n1C. The van der Waals surface area contributed by atoms with Crippen LogP contribution in [0, 0.1) is 6.92 Å². The molecule has 0 spiro atoms. The zero-order valence-corrected chi connectivity index (χ0v) is 13.2. The molecular formula is C14H15N3OS2. The highest BCUT2D eigenvalue weighted by atomic mass is 32.2. The molecule has 0 aliphatic rings. The van der Waals surface area contributed by atoms with Crippen LogP contribution in [0.25, 0.3) is 21.9 Å². The van der Waals surface area contributed by atoms with Crippen molar-refractivity contribution in [2.45, 2.75) is 18.7 Å². The Morgan fingerprint density at radius 3 is 3.00 bits per heavy atom. The molecule has 3 heterocycles. The van der Waals surface area contributed by atoms with E-state index in [-0.39, 0.29) is 0 Å². The quantitative estimate of drug-likeness (QED) is 0.699. The van der Waals surface area contributed by atoms with E-state index >= 15 is 0 Å². The molecular weight excluding hydrogens is 290 g/mol. The molecule has 3 aromatic heterocycles. The molecule has 104 valence electrons. The van der Waals surface area contributed by atoms with Gasteiger partial charge in [-0.15, -0.1) is 11.3 Å². The molecule has 4 nitrogen and oxygen atoms in total. The van der Waals surface area contributed by atoms with Gasteiger partial charge in [0.2, 0.25) is 0 Å². The van der Waals surface area contributed by atoms with Crippen LogP contribution in [-0.2, 0) is 18.2 Å². The van der Waals surface area contributed by atoms with Crippen molar-refractivity contribution in [3.8, 4) is 10.7 Å². The Balaban J connectivity index is 2.20. The van der Waals surface area contributed by atoms with Crippen LogP contribution in [0.4, 0.5) is 0 Å². The van der Waals surface area contributed by atoms with E-state index in [0.29, 0.717) is 5.75 Å². The number of aromatic nitrogens is 3. The van der Waals surface area contributed by atoms with Gasteiger partial charge >= 0.3 is 0 Å². The molecule has 1 atom stereocenters. The van der Waals surface area contributed by atoms with Crippen LogP contribution in [0.15, 0.2) is 28.6 Å². The number of rotatable bonds is 3. The van der Waals surface area contributed by atoms with Gasteiger partial charge in [-0.1, -0.05) is 0 Å². The third kappa shape index (κ3) is 2.13. The first-order valence-electron chi connectivity index (χ1n) is 6.37. The lowest BCUT2D eigenvalue weighted by atomic mass is 10.3. The minimum absolute atomic E-state index is 0.616. The molecule has 0 saturated carbocycles. The predicted molar refractivity (Wildman–Crippen MR) is 83.5 cm³/mol. The van der Waals surface area contributed by atoms with Gasteiger partial charge in [0.1, 0.15) is 16.1 Å². The van der Waals surface area contributed by atoms with Crippen molar-refractivity contribution in [1.29, 1.82) is 0 Å². The summed E-state index contributed by atoms with van der Waals surface area (Å²) >= 11 is 0.607. The maximum Gasteiger partial charge on any atom is 0.174 e. The van der Waals surface area contributed by atoms with Crippen LogP contribution in [0.1, 0.15) is 12.5 Å². The maximum atomic E-state index is 12.1. The summed E-state index contributed by atoms with van der Waals surface area (Å²) in [6, 6.07) is 3.95. The molecule has 6 heteroatoms. The Kier molecular flexibility index (Phi) is 3.54. The van der Waals surface area contributed by atoms with Gasteiger partial charge in [-0.25, -0.2) is 9.97 Å². The van der Waals surface area contributed by atoms with Crippen LogP contribution in [0.2, 0.25) is 0 Å². The Labute approximate surface area is 124 Å². The lowest BCUT2D eigenvalue weighted by Crippen LogP contribution is -2.04. The fraction of sp³-hybridized carbons (Fsp3) is 0.286. The normalized spacial score (nSPS) is 13.0. The third-order valence-electron chi connectivity index (χ3n) is 3.19. The zero-order chi connectivity index (χ0) is 14.3. The van der Waals surface area contributed by atoms with Gasteiger partial charge in [0.15, 0.2) is 16.4 Å². The fourth-order valence-electron chi connectivity index (χ4n) is 2.18. The summed E-state index contributed by atoms with van der Waals surface area (Å²) in [5.74, 6) is 1.45. The number of fused-ring (bicyclic) bond motifs is 1. The molecule has 0 aliphatic heterocycles. The average molecular weight is 305 g/mol. The second kappa shape index (κ2) is 5.20. The Morgan fingerprint density at radius 2 is 2.25 bits per heavy atom. The van der Waals surface area contributed by atoms with Gasteiger partial charge in [-0.05, 0) is 42.0 Å². The lowest BCUT2D eigenvalue weighted by molar-refractivity contribution is 0.596. The van der Waals surface area contributed by atoms with Crippen molar-refractivity contribution < 1.29 is 4.55 Å². The minimum Gasteiger partial charge on any atom is -0.611 e. The van der Waals surface area contributed by atoms with Crippen molar-refractivity contribution in [2.75, 3.05) is 5.75 Å². The smallest absolute Gasteiger partial charge is 0.174 e. The summed E-state index contributed by atoms with van der Waals surface area (Å²) in [4.78, 5) is 10.9. The molecule has 3 rings (SSSR count). The molecule has 0 radical (unpaired) electrons. The molecule has 0 bridgehead atoms. The van der Waals surface area contributed by atoms with Crippen LogP contribution in [0.3, 0.4) is 0 Å². The molecule has 0 aliphatic carbocycles. The van der Waals surface area contributed by atoms with Gasteiger partial charge in [0.25, 0.3) is 0 Å². The molecule has 0 amide bonds. The molecule has 1 unspecified atom stereocenters. The first kappa shape index (κ1) is 13.6. The topological polar surface area (TPSA) is 53.8 Å². The second-order valence-electron chi connectivity index (χ2n) is 4.60. The van der Waals surface area contributed by atoms with Crippen LogP contribution in [0.5, 0.6) is 0 Å². The Bertz CT molecular complexity index is 763. The number of hydrogen-bond donors (Lipinski definition) is 0. The highest BCUT2D eigenvalue weighted by molar-refractivity contribution is 7.91. The van der Waals surface area contributed by atoms with Gasteiger partial charge < -0.3 is 9.12 Å². The molecule has 20 heavy (non-hydrogen) atoms. The van der Waals surface area contributed by atoms with E-state index in [0.717, 1.165) is 32.3 Å². The third-order valence-corrected chi connectivity index (χ3v) is 5.58. The van der Waals surface area contributed by atoms with E-state index in [1.165, 1.54) is 0 Å². The first-order chi connectivity index (χ1) is 9.61. The molecule has 0 N–H and O–H groups in total. The summed E-state index contributed by atoms with van der Waals surface area (Å²) in [5, 5.41) is 1.97. The zero-order valence-electron chi connectivity index (χ0n) is 11.6. The van der Waals surface area contributed by atoms with E-state index in [4.69, 9.17) is 0 Å². The lowest BCUT2D eigenvalue weighted by Gasteiger charge is -2.08. The second-order valence-corrected chi connectivity index (χ2v) is 7.22. The highest BCUT2D eigenvalue weighted by Gasteiger charge is 2.22. The highest BCUT2D eigenvalue weighted by Crippen LogP contribution is 2.33. The number of imidazole rings is 1. The van der Waals surface area contributed by atoms with E-state index in [9.17, 15) is 4.55 Å². The van der Waals surface area contributed by atoms with E-state index in [2.05, 4.69) is 9.97 Å². The average Bonchev–Trinajstić information content (AvgIpc) is 3.02. The first-order valence-corrected chi connectivity index (χ1v) is 8.57. The monoisotopic (exact) mass is 305 g/mol. The Hall–Kier alpha value is -1.37. The summed E-state index contributed by atoms with van der Waals surface area (Å²) < 4.78 is 14.1. The van der Waals surface area contributed by atoms with E-state index in [1.54, 1.807) is 11.3 Å². The molecule has 0 aromatic carbocycles. The van der Waals surface area contributed by atoms with Gasteiger partial charge in [0.05, 0.1) is 0 Å². The van der Waals surface area contributed by atoms with Crippen molar-refractivity contribution in [1.82, 2.24) is 14.5 Å². The van der Waals surface area contributed by atoms with Gasteiger partial charge in [-0.2, -0.15) is 0 Å². The summed E-state index contributed by atoms with van der Waals surface area (Å²) in [7, 11) is 1.95. The fourth-order valence-corrected chi connectivity index (χ4v) is 4.33. The minimum atomic E-state index is -0.969. The molecule has 0 saturated heterocycles. The van der Waals surface area contributed by atoms with Crippen molar-refractivity contribution in [3.63, 3.8) is 0 Å². The van der Waals surface area contributed by atoms with Crippen molar-refractivity contribution >= 4 is 33.7 Å². The van der Waals surface area contributed by atoms with Gasteiger partial charge in [-0.3, -0.25) is 0 Å². The predicted octanol–water partition coefficient (Wildman–Crippen LogP) is 3.13. The number of pyridine rings is 1. The number of thiophene rings is 1. The molecule has 3 aromatic rings. The van der Waals surface area contributed by atoms with Gasteiger partial charge in [0, 0.05) is 19.3 Å². The summed E-state index contributed by atoms with van der Waals surface area (Å²) in [6.07, 6.45) is 1.84. The van der Waals surface area contributed by atoms with Crippen molar-refractivity contribution in [3.05, 3.63) is 29.3 Å². The Morgan fingerprint density at radius 1 is 1.45 bits per heavy atom. The molecule has 0 fully saturated rings.